The number of nitrogens with one attached hydrogen (secondary N) is 1. The Labute approximate surface area is 238 Å². The quantitative estimate of drug-likeness (QED) is 0.289. The van der Waals surface area contributed by atoms with E-state index in [1.807, 2.05) is 65.6 Å². The summed E-state index contributed by atoms with van der Waals surface area (Å²) in [7, 11) is 1.55. The molecule has 0 radical (unpaired) electrons. The predicted molar refractivity (Wildman–Crippen MR) is 154 cm³/mol. The van der Waals surface area contributed by atoms with Crippen LogP contribution in [-0.4, -0.2) is 36.7 Å². The van der Waals surface area contributed by atoms with Gasteiger partial charge in [-0.3, -0.25) is 14.4 Å². The average molecular weight is 595 g/mol. The van der Waals surface area contributed by atoms with Crippen molar-refractivity contribution in [1.29, 1.82) is 0 Å². The number of ether oxygens (including phenoxy) is 1. The van der Waals surface area contributed by atoms with Crippen LogP contribution in [0.1, 0.15) is 32.0 Å². The second kappa shape index (κ2) is 9.06. The molecule has 1 saturated heterocycles. The predicted octanol–water partition coefficient (Wildman–Crippen LogP) is 5.91. The van der Waals surface area contributed by atoms with E-state index in [0.717, 1.165) is 11.3 Å². The van der Waals surface area contributed by atoms with Gasteiger partial charge in [0.05, 0.1) is 29.8 Å². The Bertz CT molecular complexity index is 1730. The number of carbonyl (C=O) groups is 3. The van der Waals surface area contributed by atoms with Crippen LogP contribution in [-0.2, 0) is 10.2 Å². The lowest BCUT2D eigenvalue weighted by Crippen LogP contribution is -2.51. The molecule has 0 bridgehead atoms. The first kappa shape index (κ1) is 24.6. The summed E-state index contributed by atoms with van der Waals surface area (Å²) in [4.78, 5) is 45.4. The maximum atomic E-state index is 14.7. The van der Waals surface area contributed by atoms with Crippen molar-refractivity contribution in [3.8, 4) is 5.75 Å². The third-order valence-electron chi connectivity index (χ3n) is 8.29. The van der Waals surface area contributed by atoms with Crippen LogP contribution < -0.4 is 15.0 Å². The number of hydrogen-bond donors (Lipinski definition) is 1. The highest BCUT2D eigenvalue weighted by atomic mass is 79.9. The van der Waals surface area contributed by atoms with Crippen LogP contribution in [0.15, 0.2) is 100 Å². The number of rotatable bonds is 5. The second-order valence-corrected chi connectivity index (χ2v) is 11.0. The average Bonchev–Trinajstić information content (AvgIpc) is 3.69. The summed E-state index contributed by atoms with van der Waals surface area (Å²) in [6.45, 7) is 0. The maximum absolute atomic E-state index is 14.7. The number of methoxy groups -OCH3 is 1. The van der Waals surface area contributed by atoms with E-state index in [2.05, 4.69) is 21.2 Å². The van der Waals surface area contributed by atoms with Crippen LogP contribution in [0, 0.1) is 5.92 Å². The third kappa shape index (κ3) is 3.26. The van der Waals surface area contributed by atoms with Crippen molar-refractivity contribution >= 4 is 50.9 Å². The molecular formula is C32H23BrN2O5. The Morgan fingerprint density at radius 2 is 1.80 bits per heavy atom. The molecule has 198 valence electrons. The summed E-state index contributed by atoms with van der Waals surface area (Å²) in [5, 5.41) is 3.02. The Morgan fingerprint density at radius 3 is 2.58 bits per heavy atom. The van der Waals surface area contributed by atoms with E-state index in [1.165, 1.54) is 6.26 Å². The molecule has 1 spiro atoms. The van der Waals surface area contributed by atoms with E-state index in [0.29, 0.717) is 27.0 Å². The number of ketones is 2. The van der Waals surface area contributed by atoms with E-state index >= 15 is 0 Å². The Balaban J connectivity index is 1.52. The molecule has 1 fully saturated rings. The number of fused-ring (bicyclic) bond motifs is 6. The van der Waals surface area contributed by atoms with Gasteiger partial charge in [-0.2, -0.15) is 0 Å². The van der Waals surface area contributed by atoms with E-state index in [-0.39, 0.29) is 17.5 Å². The number of nitrogens with zero attached hydrogens (tertiary/aromatic N) is 1. The summed E-state index contributed by atoms with van der Waals surface area (Å²) in [6, 6.07) is 21.8. The SMILES string of the molecule is COc1ccc(C(=O)C2C(C(=O)c3ccco3)C3(C(=O)Nc4ccccc43)C3C=Cc4ccccc4N23)cc1Br. The molecule has 40 heavy (non-hydrogen) atoms. The van der Waals surface area contributed by atoms with Gasteiger partial charge in [-0.25, -0.2) is 0 Å². The van der Waals surface area contributed by atoms with E-state index in [4.69, 9.17) is 9.15 Å². The number of para-hydroxylation sites is 2. The Morgan fingerprint density at radius 1 is 1.00 bits per heavy atom. The van der Waals surface area contributed by atoms with Gasteiger partial charge in [0.15, 0.2) is 11.5 Å². The molecule has 7 nitrogen and oxygen atoms in total. The molecule has 1 N–H and O–H groups in total. The van der Waals surface area contributed by atoms with Gasteiger partial charge in [0, 0.05) is 16.9 Å². The summed E-state index contributed by atoms with van der Waals surface area (Å²) in [5.41, 5.74) is 2.03. The van der Waals surface area contributed by atoms with Crippen molar-refractivity contribution < 1.29 is 23.5 Å². The van der Waals surface area contributed by atoms with Crippen molar-refractivity contribution in [3.63, 3.8) is 0 Å². The van der Waals surface area contributed by atoms with Gasteiger partial charge in [0.25, 0.3) is 0 Å². The molecule has 4 atom stereocenters. The van der Waals surface area contributed by atoms with Crippen LogP contribution in [0.4, 0.5) is 11.4 Å². The largest absolute Gasteiger partial charge is 0.496 e. The van der Waals surface area contributed by atoms with Gasteiger partial charge >= 0.3 is 0 Å². The van der Waals surface area contributed by atoms with Crippen LogP contribution in [0.3, 0.4) is 0 Å². The van der Waals surface area contributed by atoms with Crippen molar-refractivity contribution in [2.75, 3.05) is 17.3 Å². The lowest BCUT2D eigenvalue weighted by atomic mass is 9.64. The summed E-state index contributed by atoms with van der Waals surface area (Å²) < 4.78 is 11.6. The minimum Gasteiger partial charge on any atom is -0.496 e. The first-order chi connectivity index (χ1) is 19.5. The number of hydrogen-bond acceptors (Lipinski definition) is 6. The fraction of sp³-hybridized carbons (Fsp3) is 0.156. The monoisotopic (exact) mass is 594 g/mol. The van der Waals surface area contributed by atoms with E-state index in [1.54, 1.807) is 37.4 Å². The summed E-state index contributed by atoms with van der Waals surface area (Å²) >= 11 is 3.50. The zero-order valence-electron chi connectivity index (χ0n) is 21.3. The normalized spacial score (nSPS) is 23.9. The van der Waals surface area contributed by atoms with Crippen LogP contribution in [0.2, 0.25) is 0 Å². The van der Waals surface area contributed by atoms with Gasteiger partial charge in [-0.15, -0.1) is 0 Å². The fourth-order valence-electron chi connectivity index (χ4n) is 6.68. The number of halogens is 1. The minimum atomic E-state index is -1.38. The number of anilines is 2. The first-order valence-corrected chi connectivity index (χ1v) is 13.7. The van der Waals surface area contributed by atoms with Gasteiger partial charge in [-0.1, -0.05) is 48.6 Å². The molecule has 7 rings (SSSR count). The molecule has 4 heterocycles. The highest BCUT2D eigenvalue weighted by molar-refractivity contribution is 9.10. The standard InChI is InChI=1S/C32H23BrN2O5/c1-39-24-14-12-19(17-21(24)33)29(36)28-27(30(37)25-11-6-16-40-25)32(20-8-3-4-9-22(20)34-31(32)38)26-15-13-18-7-2-5-10-23(18)35(26)28/h2-17,26-28H,1H3,(H,34,38). The topological polar surface area (TPSA) is 88.9 Å². The smallest absolute Gasteiger partial charge is 0.238 e. The second-order valence-electron chi connectivity index (χ2n) is 10.1. The van der Waals surface area contributed by atoms with Gasteiger partial charge in [0.1, 0.15) is 17.2 Å². The van der Waals surface area contributed by atoms with Gasteiger partial charge in [0.2, 0.25) is 11.7 Å². The molecule has 0 saturated carbocycles. The summed E-state index contributed by atoms with van der Waals surface area (Å²) in [5.74, 6) is -1.40. The van der Waals surface area contributed by atoms with Crippen molar-refractivity contribution in [2.45, 2.75) is 17.5 Å². The zero-order valence-corrected chi connectivity index (χ0v) is 22.9. The van der Waals surface area contributed by atoms with Crippen molar-refractivity contribution in [3.05, 3.63) is 118 Å². The van der Waals surface area contributed by atoms with Crippen molar-refractivity contribution in [1.82, 2.24) is 0 Å². The van der Waals surface area contributed by atoms with E-state index in [9.17, 15) is 14.4 Å². The highest BCUT2D eigenvalue weighted by Gasteiger charge is 2.70. The van der Waals surface area contributed by atoms with Crippen LogP contribution in [0.25, 0.3) is 6.08 Å². The number of furan rings is 1. The zero-order chi connectivity index (χ0) is 27.6. The number of carbonyl (C=O) groups excluding carboxylic acids is 3. The maximum Gasteiger partial charge on any atom is 0.238 e. The van der Waals surface area contributed by atoms with Crippen LogP contribution in [0.5, 0.6) is 5.75 Å². The highest BCUT2D eigenvalue weighted by Crippen LogP contribution is 2.58. The first-order valence-electron chi connectivity index (χ1n) is 12.9. The molecule has 0 aliphatic carbocycles. The third-order valence-corrected chi connectivity index (χ3v) is 8.91. The van der Waals surface area contributed by atoms with Gasteiger partial charge < -0.3 is 19.4 Å². The Hall–Kier alpha value is -4.43. The molecular weight excluding hydrogens is 572 g/mol. The van der Waals surface area contributed by atoms with E-state index < -0.39 is 29.2 Å². The van der Waals surface area contributed by atoms with Crippen LogP contribution >= 0.6 is 15.9 Å². The molecule has 3 aliphatic rings. The molecule has 4 aromatic rings. The number of amides is 1. The molecule has 3 aliphatic heterocycles. The molecule has 1 amide bonds. The minimum absolute atomic E-state index is 0.104. The number of Topliss-reactive ketones (excluding diaryl/α,β-unsaturated/α-hetero) is 2. The number of benzene rings is 3. The molecule has 3 aromatic carbocycles. The summed E-state index contributed by atoms with van der Waals surface area (Å²) in [6.07, 6.45) is 5.35. The van der Waals surface area contributed by atoms with Crippen molar-refractivity contribution in [2.24, 2.45) is 5.92 Å². The fourth-order valence-corrected chi connectivity index (χ4v) is 7.22. The lowest BCUT2D eigenvalue weighted by Gasteiger charge is -2.37. The molecule has 4 unspecified atom stereocenters. The molecule has 1 aromatic heterocycles. The molecule has 8 heteroatoms. The lowest BCUT2D eigenvalue weighted by molar-refractivity contribution is -0.121. The Kier molecular flexibility index (Phi) is 5.57. The van der Waals surface area contributed by atoms with Gasteiger partial charge in [-0.05, 0) is 69.5 Å².